The highest BCUT2D eigenvalue weighted by Crippen LogP contribution is 2.50. The van der Waals surface area contributed by atoms with Crippen molar-refractivity contribution in [2.24, 2.45) is 16.6 Å². The molecule has 1 spiro atoms. The summed E-state index contributed by atoms with van der Waals surface area (Å²) >= 11 is 0. The molecular weight excluding hydrogens is 320 g/mol. The minimum atomic E-state index is -0.561. The summed E-state index contributed by atoms with van der Waals surface area (Å²) < 4.78 is 17.6. The summed E-state index contributed by atoms with van der Waals surface area (Å²) in [5, 5.41) is 0. The molecule has 128 valence electrons. The van der Waals surface area contributed by atoms with Crippen molar-refractivity contribution in [1.82, 2.24) is 9.97 Å². The number of nitrogens with zero attached hydrogens (tertiary/aromatic N) is 3. The summed E-state index contributed by atoms with van der Waals surface area (Å²) in [6.45, 7) is 1.70. The maximum atomic E-state index is 6.27. The second-order valence-corrected chi connectivity index (χ2v) is 6.63. The van der Waals surface area contributed by atoms with Crippen LogP contribution >= 0.6 is 0 Å². The van der Waals surface area contributed by atoms with Gasteiger partial charge in [0.1, 0.15) is 30.3 Å². The van der Waals surface area contributed by atoms with E-state index in [1.165, 1.54) is 6.33 Å². The van der Waals surface area contributed by atoms with Gasteiger partial charge in [-0.2, -0.15) is 0 Å². The molecule has 2 N–H and O–H groups in total. The van der Waals surface area contributed by atoms with Gasteiger partial charge < -0.3 is 19.9 Å². The van der Waals surface area contributed by atoms with Gasteiger partial charge >= 0.3 is 0 Å². The first-order valence-corrected chi connectivity index (χ1v) is 8.39. The van der Waals surface area contributed by atoms with Gasteiger partial charge in [0.25, 0.3) is 6.02 Å². The topological polar surface area (TPSA) is 91.9 Å². The van der Waals surface area contributed by atoms with E-state index in [-0.39, 0.29) is 18.0 Å². The van der Waals surface area contributed by atoms with Gasteiger partial charge in [-0.3, -0.25) is 0 Å². The van der Waals surface area contributed by atoms with Gasteiger partial charge in [-0.25, -0.2) is 15.0 Å². The van der Waals surface area contributed by atoms with Gasteiger partial charge in [0.2, 0.25) is 0 Å². The van der Waals surface area contributed by atoms with Crippen LogP contribution in [0, 0.1) is 5.92 Å². The van der Waals surface area contributed by atoms with E-state index in [1.54, 1.807) is 12.4 Å². The van der Waals surface area contributed by atoms with E-state index >= 15 is 0 Å². The van der Waals surface area contributed by atoms with Gasteiger partial charge in [0.05, 0.1) is 19.1 Å². The largest absolute Gasteiger partial charge is 0.489 e. The van der Waals surface area contributed by atoms with E-state index in [1.807, 2.05) is 12.1 Å². The van der Waals surface area contributed by atoms with Crippen LogP contribution in [0.25, 0.3) is 11.1 Å². The number of benzene rings is 1. The van der Waals surface area contributed by atoms with E-state index in [0.29, 0.717) is 19.8 Å². The first-order chi connectivity index (χ1) is 12.3. The minimum absolute atomic E-state index is 0.0606. The Morgan fingerprint density at radius 3 is 2.84 bits per heavy atom. The Bertz CT molecular complexity index is 841. The number of aliphatic imine (C=N–C) groups is 1. The number of hydrogen-bond acceptors (Lipinski definition) is 7. The Labute approximate surface area is 144 Å². The number of amidine groups is 1. The summed E-state index contributed by atoms with van der Waals surface area (Å²) in [4.78, 5) is 12.9. The highest BCUT2D eigenvalue weighted by atomic mass is 16.5. The fraction of sp³-hybridized carbons (Fsp3) is 0.389. The lowest BCUT2D eigenvalue weighted by molar-refractivity contribution is -0.0726. The fourth-order valence-corrected chi connectivity index (χ4v) is 4.04. The molecule has 4 heterocycles. The third kappa shape index (κ3) is 2.19. The summed E-state index contributed by atoms with van der Waals surface area (Å²) in [6, 6.07) is 6.33. The van der Waals surface area contributed by atoms with E-state index in [0.717, 1.165) is 28.9 Å². The van der Waals surface area contributed by atoms with Crippen LogP contribution in [0.4, 0.5) is 0 Å². The van der Waals surface area contributed by atoms with E-state index in [9.17, 15) is 0 Å². The zero-order chi connectivity index (χ0) is 16.9. The number of aromatic nitrogens is 2. The quantitative estimate of drug-likeness (QED) is 0.847. The molecule has 0 saturated carbocycles. The minimum Gasteiger partial charge on any atom is -0.489 e. The predicted octanol–water partition coefficient (Wildman–Crippen LogP) is 1.48. The average Bonchev–Trinajstić information content (AvgIpc) is 3.05. The molecule has 25 heavy (non-hydrogen) atoms. The van der Waals surface area contributed by atoms with Crippen molar-refractivity contribution in [2.75, 3.05) is 19.8 Å². The predicted molar refractivity (Wildman–Crippen MR) is 90.1 cm³/mol. The van der Waals surface area contributed by atoms with Crippen LogP contribution in [0.15, 0.2) is 41.9 Å². The van der Waals surface area contributed by atoms with Crippen LogP contribution in [0.3, 0.4) is 0 Å². The average molecular weight is 338 g/mol. The molecule has 0 aliphatic carbocycles. The Hall–Kier alpha value is -2.67. The third-order valence-corrected chi connectivity index (χ3v) is 5.27. The monoisotopic (exact) mass is 338 g/mol. The second kappa shape index (κ2) is 5.42. The van der Waals surface area contributed by atoms with Crippen LogP contribution in [0.2, 0.25) is 0 Å². The number of ether oxygens (including phenoxy) is 3. The van der Waals surface area contributed by atoms with Crippen LogP contribution in [-0.2, 0) is 15.0 Å². The summed E-state index contributed by atoms with van der Waals surface area (Å²) in [7, 11) is 0. The molecule has 3 aliphatic heterocycles. The van der Waals surface area contributed by atoms with E-state index in [4.69, 9.17) is 24.9 Å². The van der Waals surface area contributed by atoms with Crippen molar-refractivity contribution < 1.29 is 14.2 Å². The smallest absolute Gasteiger partial charge is 0.283 e. The highest BCUT2D eigenvalue weighted by molar-refractivity contribution is 5.75. The number of hydrogen-bond donors (Lipinski definition) is 1. The van der Waals surface area contributed by atoms with Crippen LogP contribution in [-0.4, -0.2) is 41.9 Å². The van der Waals surface area contributed by atoms with Crippen molar-refractivity contribution >= 4 is 6.02 Å². The van der Waals surface area contributed by atoms with Gasteiger partial charge in [-0.1, -0.05) is 6.07 Å². The lowest BCUT2D eigenvalue weighted by atomic mass is 9.72. The molecule has 5 rings (SSSR count). The first-order valence-electron chi connectivity index (χ1n) is 8.39. The molecule has 2 aromatic rings. The van der Waals surface area contributed by atoms with Crippen LogP contribution < -0.4 is 10.5 Å². The van der Waals surface area contributed by atoms with Crippen molar-refractivity contribution in [3.8, 4) is 16.9 Å². The van der Waals surface area contributed by atoms with E-state index < -0.39 is 5.54 Å². The second-order valence-electron chi connectivity index (χ2n) is 6.63. The normalized spacial score (nSPS) is 30.0. The zero-order valence-electron chi connectivity index (χ0n) is 13.6. The van der Waals surface area contributed by atoms with Gasteiger partial charge in [-0.15, -0.1) is 0 Å². The number of nitrogens with two attached hydrogens (primary N) is 1. The molecule has 1 aromatic carbocycles. The number of rotatable bonds is 1. The molecule has 1 fully saturated rings. The third-order valence-electron chi connectivity index (χ3n) is 5.27. The van der Waals surface area contributed by atoms with Crippen molar-refractivity contribution in [2.45, 2.75) is 18.1 Å². The zero-order valence-corrected chi connectivity index (χ0v) is 13.6. The molecule has 7 heteroatoms. The van der Waals surface area contributed by atoms with Gasteiger partial charge in [-0.05, 0) is 17.7 Å². The molecular formula is C18H18N4O3. The molecule has 0 amide bonds. The van der Waals surface area contributed by atoms with Crippen LogP contribution in [0.5, 0.6) is 5.75 Å². The van der Waals surface area contributed by atoms with E-state index in [2.05, 4.69) is 16.0 Å². The maximum absolute atomic E-state index is 6.27. The van der Waals surface area contributed by atoms with Crippen molar-refractivity contribution in [1.29, 1.82) is 0 Å². The molecule has 0 unspecified atom stereocenters. The summed E-state index contributed by atoms with van der Waals surface area (Å²) in [5.74, 6) is 0.919. The van der Waals surface area contributed by atoms with Crippen molar-refractivity contribution in [3.05, 3.63) is 42.5 Å². The number of fused-ring (bicyclic) bond motifs is 4. The maximum Gasteiger partial charge on any atom is 0.283 e. The molecule has 7 nitrogen and oxygen atoms in total. The Morgan fingerprint density at radius 1 is 1.16 bits per heavy atom. The lowest BCUT2D eigenvalue weighted by Gasteiger charge is -2.45. The Morgan fingerprint density at radius 2 is 2.04 bits per heavy atom. The molecule has 1 saturated heterocycles. The fourth-order valence-electron chi connectivity index (χ4n) is 4.04. The Balaban J connectivity index is 1.68. The highest BCUT2D eigenvalue weighted by Gasteiger charge is 2.54. The summed E-state index contributed by atoms with van der Waals surface area (Å²) in [5.41, 5.74) is 8.28. The standard InChI is InChI=1S/C18H18N4O3/c19-17-22-18(9-24-17)13-5-11(12-6-20-10-21-7-12)1-2-15(13)25-16-3-4-23-8-14(16)18/h1-2,5-7,10,14,16H,3-4,8-9H2,(H2,19,22)/t14-,16-,18-/m0/s1. The Kier molecular flexibility index (Phi) is 3.18. The molecule has 3 aliphatic rings. The van der Waals surface area contributed by atoms with Crippen molar-refractivity contribution in [3.63, 3.8) is 0 Å². The summed E-state index contributed by atoms with van der Waals surface area (Å²) in [6.07, 6.45) is 6.01. The molecule has 0 bridgehead atoms. The van der Waals surface area contributed by atoms with Crippen LogP contribution in [0.1, 0.15) is 12.0 Å². The SMILES string of the molecule is NC1=N[C@@]2(CO1)c1cc(-c3cncnc3)ccc1O[C@H]1CCOC[C@@H]12. The molecule has 3 atom stereocenters. The molecule has 0 radical (unpaired) electrons. The van der Waals surface area contributed by atoms with Gasteiger partial charge in [0.15, 0.2) is 0 Å². The molecule has 1 aromatic heterocycles. The first kappa shape index (κ1) is 14.7. The lowest BCUT2D eigenvalue weighted by Crippen LogP contribution is -2.52. The van der Waals surface area contributed by atoms with Gasteiger partial charge in [0, 0.05) is 29.9 Å².